The molecule has 160 valence electrons. The number of rotatable bonds is 6. The predicted molar refractivity (Wildman–Crippen MR) is 116 cm³/mol. The molecule has 0 atom stereocenters. The molecule has 1 fully saturated rings. The van der Waals surface area contributed by atoms with Gasteiger partial charge in [0.15, 0.2) is 0 Å². The zero-order valence-electron chi connectivity index (χ0n) is 16.8. The standard InChI is InChI=1S/C22H22N4O4S/c27-21-12-11-20(24-26(21)16-17-7-2-1-3-8-17)22(28)23-18-9-6-10-19(15-18)31(29,30)25-13-4-5-14-25/h1-3,6-12,15H,4-5,13-14,16H2,(H,23,28). The van der Waals surface area contributed by atoms with Gasteiger partial charge in [0, 0.05) is 24.8 Å². The van der Waals surface area contributed by atoms with Crippen molar-refractivity contribution in [2.24, 2.45) is 0 Å². The first-order chi connectivity index (χ1) is 14.9. The van der Waals surface area contributed by atoms with E-state index >= 15 is 0 Å². The van der Waals surface area contributed by atoms with Crippen LogP contribution in [-0.4, -0.2) is 41.5 Å². The highest BCUT2D eigenvalue weighted by molar-refractivity contribution is 7.89. The van der Waals surface area contributed by atoms with E-state index in [0.29, 0.717) is 18.8 Å². The molecule has 3 aromatic rings. The highest BCUT2D eigenvalue weighted by atomic mass is 32.2. The van der Waals surface area contributed by atoms with Crippen molar-refractivity contribution in [1.29, 1.82) is 0 Å². The average molecular weight is 439 g/mol. The Hall–Kier alpha value is -3.30. The molecule has 8 nitrogen and oxygen atoms in total. The van der Waals surface area contributed by atoms with Crippen LogP contribution in [-0.2, 0) is 16.6 Å². The van der Waals surface area contributed by atoms with Crippen molar-refractivity contribution in [2.45, 2.75) is 24.3 Å². The third-order valence-corrected chi connectivity index (χ3v) is 6.96. The molecule has 31 heavy (non-hydrogen) atoms. The van der Waals surface area contributed by atoms with E-state index in [0.717, 1.165) is 18.4 Å². The molecule has 2 heterocycles. The molecule has 1 N–H and O–H groups in total. The molecule has 0 spiro atoms. The first kappa shape index (κ1) is 21.0. The maximum absolute atomic E-state index is 12.8. The molecular weight excluding hydrogens is 416 g/mol. The van der Waals surface area contributed by atoms with Gasteiger partial charge >= 0.3 is 0 Å². The fourth-order valence-electron chi connectivity index (χ4n) is 3.45. The van der Waals surface area contributed by atoms with Gasteiger partial charge in [0.05, 0.1) is 11.4 Å². The number of sulfonamides is 1. The summed E-state index contributed by atoms with van der Waals surface area (Å²) in [6.45, 7) is 1.25. The molecule has 1 saturated heterocycles. The van der Waals surface area contributed by atoms with Gasteiger partial charge in [-0.2, -0.15) is 9.40 Å². The first-order valence-electron chi connectivity index (χ1n) is 9.97. The van der Waals surface area contributed by atoms with E-state index in [1.807, 2.05) is 30.3 Å². The van der Waals surface area contributed by atoms with Gasteiger partial charge in [0.25, 0.3) is 11.5 Å². The number of carbonyl (C=O) groups is 1. The number of anilines is 1. The first-order valence-corrected chi connectivity index (χ1v) is 11.4. The maximum Gasteiger partial charge on any atom is 0.276 e. The SMILES string of the molecule is O=C(Nc1cccc(S(=O)(=O)N2CCCC2)c1)c1ccc(=O)n(Cc2ccccc2)n1. The van der Waals surface area contributed by atoms with E-state index in [-0.39, 0.29) is 22.7 Å². The van der Waals surface area contributed by atoms with Gasteiger partial charge in [0.1, 0.15) is 5.69 Å². The zero-order valence-corrected chi connectivity index (χ0v) is 17.6. The fraction of sp³-hybridized carbons (Fsp3) is 0.227. The summed E-state index contributed by atoms with van der Waals surface area (Å²) in [4.78, 5) is 25.0. The number of hydrogen-bond acceptors (Lipinski definition) is 5. The fourth-order valence-corrected chi connectivity index (χ4v) is 5.01. The molecule has 1 aliphatic rings. The molecule has 4 rings (SSSR count). The molecular formula is C22H22N4O4S. The Morgan fingerprint density at radius 1 is 0.968 bits per heavy atom. The van der Waals surface area contributed by atoms with Gasteiger partial charge in [-0.15, -0.1) is 0 Å². The van der Waals surface area contributed by atoms with Crippen LogP contribution in [0.3, 0.4) is 0 Å². The minimum absolute atomic E-state index is 0.0586. The molecule has 0 aliphatic carbocycles. The lowest BCUT2D eigenvalue weighted by Crippen LogP contribution is -2.28. The second-order valence-electron chi connectivity index (χ2n) is 7.29. The lowest BCUT2D eigenvalue weighted by atomic mass is 10.2. The topological polar surface area (TPSA) is 101 Å². The third-order valence-electron chi connectivity index (χ3n) is 5.07. The quantitative estimate of drug-likeness (QED) is 0.637. The summed E-state index contributed by atoms with van der Waals surface area (Å²) in [5.74, 6) is -0.530. The Bertz CT molecular complexity index is 1250. The number of hydrogen-bond donors (Lipinski definition) is 1. The van der Waals surface area contributed by atoms with Crippen molar-refractivity contribution in [3.8, 4) is 0 Å². The number of carbonyl (C=O) groups excluding carboxylic acids is 1. The monoisotopic (exact) mass is 438 g/mol. The van der Waals surface area contributed by atoms with Gasteiger partial charge in [-0.05, 0) is 42.7 Å². The van der Waals surface area contributed by atoms with Crippen molar-refractivity contribution in [1.82, 2.24) is 14.1 Å². The van der Waals surface area contributed by atoms with Gasteiger partial charge in [-0.1, -0.05) is 36.4 Å². The number of aromatic nitrogens is 2. The number of amides is 1. The summed E-state index contributed by atoms with van der Waals surface area (Å²) >= 11 is 0. The maximum atomic E-state index is 12.8. The molecule has 0 saturated carbocycles. The van der Waals surface area contributed by atoms with Gasteiger partial charge in [-0.3, -0.25) is 9.59 Å². The van der Waals surface area contributed by atoms with Crippen LogP contribution in [0.25, 0.3) is 0 Å². The second kappa shape index (κ2) is 8.83. The van der Waals surface area contributed by atoms with Crippen LogP contribution in [0.5, 0.6) is 0 Å². The summed E-state index contributed by atoms with van der Waals surface area (Å²) in [5, 5.41) is 6.84. The summed E-state index contributed by atoms with van der Waals surface area (Å²) in [5.41, 5.74) is 0.963. The van der Waals surface area contributed by atoms with Crippen LogP contribution in [0.4, 0.5) is 5.69 Å². The Morgan fingerprint density at radius 3 is 2.45 bits per heavy atom. The van der Waals surface area contributed by atoms with Crippen molar-refractivity contribution in [3.63, 3.8) is 0 Å². The Morgan fingerprint density at radius 2 is 1.71 bits per heavy atom. The zero-order chi connectivity index (χ0) is 21.8. The highest BCUT2D eigenvalue weighted by Gasteiger charge is 2.27. The minimum Gasteiger partial charge on any atom is -0.321 e. The van der Waals surface area contributed by atoms with Crippen LogP contribution in [0.15, 0.2) is 76.4 Å². The van der Waals surface area contributed by atoms with Crippen molar-refractivity contribution in [2.75, 3.05) is 18.4 Å². The summed E-state index contributed by atoms with van der Waals surface area (Å²) in [7, 11) is -3.59. The van der Waals surface area contributed by atoms with Crippen LogP contribution in [0.1, 0.15) is 28.9 Å². The Kier molecular flexibility index (Phi) is 5.97. The normalized spacial score (nSPS) is 14.5. The van der Waals surface area contributed by atoms with E-state index in [4.69, 9.17) is 0 Å². The van der Waals surface area contributed by atoms with Crippen LogP contribution < -0.4 is 10.9 Å². The van der Waals surface area contributed by atoms with Gasteiger partial charge in [0.2, 0.25) is 10.0 Å². The number of nitrogens with zero attached hydrogens (tertiary/aromatic N) is 3. The predicted octanol–water partition coefficient (Wildman–Crippen LogP) is 2.33. The van der Waals surface area contributed by atoms with Crippen molar-refractivity contribution >= 4 is 21.6 Å². The molecule has 0 bridgehead atoms. The second-order valence-corrected chi connectivity index (χ2v) is 9.23. The lowest BCUT2D eigenvalue weighted by Gasteiger charge is -2.16. The van der Waals surface area contributed by atoms with Crippen LogP contribution in [0.2, 0.25) is 0 Å². The molecule has 0 unspecified atom stereocenters. The molecule has 1 aromatic heterocycles. The number of nitrogens with one attached hydrogen (secondary N) is 1. The summed E-state index contributed by atoms with van der Waals surface area (Å²) < 4.78 is 28.2. The molecule has 1 amide bonds. The van der Waals surface area contributed by atoms with E-state index in [2.05, 4.69) is 10.4 Å². The minimum atomic E-state index is -3.59. The Balaban J connectivity index is 1.53. The largest absolute Gasteiger partial charge is 0.321 e. The highest BCUT2D eigenvalue weighted by Crippen LogP contribution is 2.23. The van der Waals surface area contributed by atoms with Gasteiger partial charge in [-0.25, -0.2) is 13.1 Å². The van der Waals surface area contributed by atoms with E-state index < -0.39 is 15.9 Å². The third kappa shape index (κ3) is 4.73. The lowest BCUT2D eigenvalue weighted by molar-refractivity contribution is 0.102. The van der Waals surface area contributed by atoms with Crippen molar-refractivity contribution < 1.29 is 13.2 Å². The molecule has 0 radical (unpaired) electrons. The molecule has 1 aliphatic heterocycles. The smallest absolute Gasteiger partial charge is 0.276 e. The van der Waals surface area contributed by atoms with E-state index in [1.165, 1.54) is 33.3 Å². The van der Waals surface area contributed by atoms with E-state index in [9.17, 15) is 18.0 Å². The average Bonchev–Trinajstić information content (AvgIpc) is 3.32. The Labute approximate surface area is 180 Å². The van der Waals surface area contributed by atoms with Crippen LogP contribution in [0, 0.1) is 0 Å². The number of benzene rings is 2. The van der Waals surface area contributed by atoms with Gasteiger partial charge < -0.3 is 5.32 Å². The molecule has 9 heteroatoms. The van der Waals surface area contributed by atoms with E-state index in [1.54, 1.807) is 12.1 Å². The van der Waals surface area contributed by atoms with Crippen molar-refractivity contribution in [3.05, 3.63) is 88.3 Å². The van der Waals surface area contributed by atoms with Crippen LogP contribution >= 0.6 is 0 Å². The summed E-state index contributed by atoms with van der Waals surface area (Å²) in [6, 6.07) is 18.1. The summed E-state index contributed by atoms with van der Waals surface area (Å²) in [6.07, 6.45) is 1.69. The molecule has 2 aromatic carbocycles.